The van der Waals surface area contributed by atoms with Crippen LogP contribution in [0.1, 0.15) is 0 Å². The molecule has 4 rings (SSSR count). The molecule has 140 valence electrons. The van der Waals surface area contributed by atoms with Crippen LogP contribution in [-0.2, 0) is 0 Å². The van der Waals surface area contributed by atoms with Gasteiger partial charge in [0.25, 0.3) is 0 Å². The number of piperazine rings is 1. The fourth-order valence-corrected chi connectivity index (χ4v) is 3.19. The Morgan fingerprint density at radius 3 is 2.74 bits per heavy atom. The summed E-state index contributed by atoms with van der Waals surface area (Å²) in [5.41, 5.74) is 1.55. The summed E-state index contributed by atoms with van der Waals surface area (Å²) in [4.78, 5) is 25.3. The molecule has 0 radical (unpaired) electrons. The molecule has 0 saturated carbocycles. The number of aromatic amines is 1. The Labute approximate surface area is 156 Å². The third-order valence-electron chi connectivity index (χ3n) is 4.65. The maximum Gasteiger partial charge on any atom is 0.319 e. The van der Waals surface area contributed by atoms with E-state index < -0.39 is 0 Å². The van der Waals surface area contributed by atoms with Crippen molar-refractivity contribution in [3.63, 3.8) is 0 Å². The maximum atomic E-state index is 12.2. The number of fused-ring (bicyclic) bond motifs is 1. The lowest BCUT2D eigenvalue weighted by molar-refractivity contribution is 0.240. The van der Waals surface area contributed by atoms with Crippen molar-refractivity contribution in [1.82, 2.24) is 30.4 Å². The first-order valence-corrected chi connectivity index (χ1v) is 9.01. The number of para-hydroxylation sites is 1. The second-order valence-corrected chi connectivity index (χ2v) is 6.40. The molecule has 0 bridgehead atoms. The van der Waals surface area contributed by atoms with Gasteiger partial charge in [-0.15, -0.1) is 0 Å². The summed E-state index contributed by atoms with van der Waals surface area (Å²) in [6.07, 6.45) is 5.26. The number of H-pyrrole nitrogens is 1. The van der Waals surface area contributed by atoms with E-state index in [0.29, 0.717) is 6.54 Å². The summed E-state index contributed by atoms with van der Waals surface area (Å²) in [6.45, 7) is 5.03. The fraction of sp³-hybridized carbons (Fsp3) is 0.333. The average Bonchev–Trinajstić information content (AvgIpc) is 3.19. The summed E-state index contributed by atoms with van der Waals surface area (Å²) in [6, 6.07) is 7.30. The fourth-order valence-electron chi connectivity index (χ4n) is 3.19. The van der Waals surface area contributed by atoms with Crippen molar-refractivity contribution in [1.29, 1.82) is 0 Å². The molecule has 27 heavy (non-hydrogen) atoms. The molecule has 1 aliphatic rings. The molecule has 1 fully saturated rings. The largest absolute Gasteiger partial charge is 0.338 e. The van der Waals surface area contributed by atoms with Crippen molar-refractivity contribution in [2.75, 3.05) is 49.5 Å². The van der Waals surface area contributed by atoms with Gasteiger partial charge in [-0.25, -0.2) is 14.8 Å². The maximum absolute atomic E-state index is 12.2. The van der Waals surface area contributed by atoms with E-state index in [1.54, 1.807) is 18.6 Å². The first-order chi connectivity index (χ1) is 13.3. The molecule has 1 saturated heterocycles. The average molecular weight is 366 g/mol. The number of rotatable bonds is 5. The van der Waals surface area contributed by atoms with Crippen molar-refractivity contribution >= 4 is 28.6 Å². The first-order valence-electron chi connectivity index (χ1n) is 9.01. The summed E-state index contributed by atoms with van der Waals surface area (Å²) < 4.78 is 0. The van der Waals surface area contributed by atoms with E-state index in [9.17, 15) is 4.79 Å². The zero-order chi connectivity index (χ0) is 18.5. The molecule has 9 nitrogen and oxygen atoms in total. The number of hydrogen-bond acceptors (Lipinski definition) is 6. The summed E-state index contributed by atoms with van der Waals surface area (Å²) in [5.74, 6) is 0.780. The number of hydrogen-bond donors (Lipinski definition) is 3. The minimum absolute atomic E-state index is 0.214. The van der Waals surface area contributed by atoms with E-state index in [4.69, 9.17) is 0 Å². The van der Waals surface area contributed by atoms with Crippen LogP contribution < -0.4 is 15.5 Å². The second kappa shape index (κ2) is 8.00. The molecule has 1 aromatic carbocycles. The van der Waals surface area contributed by atoms with E-state index in [0.717, 1.165) is 55.3 Å². The Morgan fingerprint density at radius 1 is 1.11 bits per heavy atom. The highest BCUT2D eigenvalue weighted by Gasteiger charge is 2.18. The highest BCUT2D eigenvalue weighted by molar-refractivity contribution is 5.99. The molecular formula is C18H22N8O. The lowest BCUT2D eigenvalue weighted by atomic mass is 10.2. The van der Waals surface area contributed by atoms with E-state index in [2.05, 4.69) is 40.6 Å². The topological polar surface area (TPSA) is 102 Å². The smallest absolute Gasteiger partial charge is 0.319 e. The quantitative estimate of drug-likeness (QED) is 0.629. The van der Waals surface area contributed by atoms with Gasteiger partial charge >= 0.3 is 6.03 Å². The molecule has 3 heterocycles. The van der Waals surface area contributed by atoms with Crippen molar-refractivity contribution in [3.05, 3.63) is 42.9 Å². The van der Waals surface area contributed by atoms with Gasteiger partial charge in [-0.1, -0.05) is 12.1 Å². The van der Waals surface area contributed by atoms with Crippen LogP contribution in [-0.4, -0.2) is 70.4 Å². The summed E-state index contributed by atoms with van der Waals surface area (Å²) in [5, 5.41) is 13.7. The standard InChI is InChI=1S/C18H22N8O/c27-18(23-15-4-1-3-14-13-22-24-16(14)15)21-7-8-25-9-11-26(12-10-25)17-19-5-2-6-20-17/h1-6,13H,7-12H2,(H,22,24)(H2,21,23,27). The van der Waals surface area contributed by atoms with Crippen LogP contribution in [0, 0.1) is 0 Å². The summed E-state index contributed by atoms with van der Waals surface area (Å²) in [7, 11) is 0. The number of nitrogens with zero attached hydrogens (tertiary/aromatic N) is 5. The lowest BCUT2D eigenvalue weighted by Gasteiger charge is -2.34. The Balaban J connectivity index is 1.20. The zero-order valence-corrected chi connectivity index (χ0v) is 14.9. The molecular weight excluding hydrogens is 344 g/mol. The van der Waals surface area contributed by atoms with Crippen molar-refractivity contribution < 1.29 is 4.79 Å². The number of benzene rings is 1. The van der Waals surface area contributed by atoms with E-state index in [1.807, 2.05) is 24.3 Å². The third-order valence-corrected chi connectivity index (χ3v) is 4.65. The van der Waals surface area contributed by atoms with Crippen LogP contribution in [0.25, 0.3) is 10.9 Å². The van der Waals surface area contributed by atoms with Gasteiger partial charge in [0.15, 0.2) is 0 Å². The van der Waals surface area contributed by atoms with Gasteiger partial charge in [-0.3, -0.25) is 10.00 Å². The van der Waals surface area contributed by atoms with Crippen LogP contribution in [0.3, 0.4) is 0 Å². The Bertz CT molecular complexity index is 889. The third kappa shape index (κ3) is 4.14. The van der Waals surface area contributed by atoms with Crippen molar-refractivity contribution in [2.24, 2.45) is 0 Å². The number of anilines is 2. The SMILES string of the molecule is O=C(NCCN1CCN(c2ncccn2)CC1)Nc1cccc2cn[nH]c12. The minimum Gasteiger partial charge on any atom is -0.338 e. The molecule has 3 N–H and O–H groups in total. The monoisotopic (exact) mass is 366 g/mol. The van der Waals surface area contributed by atoms with Crippen LogP contribution >= 0.6 is 0 Å². The van der Waals surface area contributed by atoms with Crippen LogP contribution in [0.5, 0.6) is 0 Å². The Kier molecular flexibility index (Phi) is 5.10. The molecule has 0 atom stereocenters. The van der Waals surface area contributed by atoms with Crippen LogP contribution in [0.15, 0.2) is 42.9 Å². The number of carbonyl (C=O) groups is 1. The van der Waals surface area contributed by atoms with Gasteiger partial charge in [0.1, 0.15) is 0 Å². The molecule has 0 spiro atoms. The number of urea groups is 1. The number of carbonyl (C=O) groups excluding carboxylic acids is 1. The zero-order valence-electron chi connectivity index (χ0n) is 14.9. The Hall–Kier alpha value is -3.20. The van der Waals surface area contributed by atoms with Gasteiger partial charge < -0.3 is 15.5 Å². The van der Waals surface area contributed by atoms with Crippen LogP contribution in [0.4, 0.5) is 16.4 Å². The van der Waals surface area contributed by atoms with Crippen molar-refractivity contribution in [3.8, 4) is 0 Å². The van der Waals surface area contributed by atoms with Gasteiger partial charge in [0, 0.05) is 57.0 Å². The summed E-state index contributed by atoms with van der Waals surface area (Å²) >= 11 is 0. The van der Waals surface area contributed by atoms with E-state index in [1.165, 1.54) is 0 Å². The number of amides is 2. The normalized spacial score (nSPS) is 15.0. The Morgan fingerprint density at radius 2 is 1.93 bits per heavy atom. The lowest BCUT2D eigenvalue weighted by Crippen LogP contribution is -2.49. The first kappa shape index (κ1) is 17.2. The van der Waals surface area contributed by atoms with Gasteiger partial charge in [0.2, 0.25) is 5.95 Å². The molecule has 2 amide bonds. The molecule has 3 aromatic rings. The molecule has 2 aromatic heterocycles. The molecule has 9 heteroatoms. The highest BCUT2D eigenvalue weighted by Crippen LogP contribution is 2.20. The van der Waals surface area contributed by atoms with Gasteiger partial charge in [-0.05, 0) is 12.1 Å². The van der Waals surface area contributed by atoms with E-state index in [-0.39, 0.29) is 6.03 Å². The van der Waals surface area contributed by atoms with Crippen molar-refractivity contribution in [2.45, 2.75) is 0 Å². The van der Waals surface area contributed by atoms with E-state index >= 15 is 0 Å². The van der Waals surface area contributed by atoms with Gasteiger partial charge in [0.05, 0.1) is 17.4 Å². The predicted octanol–water partition coefficient (Wildman–Crippen LogP) is 1.30. The molecule has 0 aliphatic carbocycles. The number of aromatic nitrogens is 4. The predicted molar refractivity (Wildman–Crippen MR) is 104 cm³/mol. The van der Waals surface area contributed by atoms with Gasteiger partial charge in [-0.2, -0.15) is 5.10 Å². The highest BCUT2D eigenvalue weighted by atomic mass is 16.2. The minimum atomic E-state index is -0.214. The molecule has 1 aliphatic heterocycles. The number of nitrogens with one attached hydrogen (secondary N) is 3. The van der Waals surface area contributed by atoms with Crippen LogP contribution in [0.2, 0.25) is 0 Å². The molecule has 0 unspecified atom stereocenters. The second-order valence-electron chi connectivity index (χ2n) is 6.40.